The number of aliphatic imine (C=N–C) groups is 1. The second-order valence-electron chi connectivity index (χ2n) is 5.19. The summed E-state index contributed by atoms with van der Waals surface area (Å²) in [4.78, 5) is 19.2. The third-order valence-electron chi connectivity index (χ3n) is 3.45. The fourth-order valence-electron chi connectivity index (χ4n) is 2.69. The first-order valence-electron chi connectivity index (χ1n) is 6.54. The largest absolute Gasteiger partial charge is 0.382 e. The Labute approximate surface area is 110 Å². The summed E-state index contributed by atoms with van der Waals surface area (Å²) in [5.41, 5.74) is 2.96. The quantitative estimate of drug-likeness (QED) is 0.817. The van der Waals surface area contributed by atoms with Gasteiger partial charge in [0.05, 0.1) is 11.0 Å². The molecule has 2 aromatic rings. The van der Waals surface area contributed by atoms with Crippen LogP contribution in [-0.4, -0.2) is 26.4 Å². The van der Waals surface area contributed by atoms with Crippen LogP contribution in [0.25, 0.3) is 11.0 Å². The van der Waals surface area contributed by atoms with Gasteiger partial charge in [-0.25, -0.2) is 4.79 Å². The van der Waals surface area contributed by atoms with Crippen LogP contribution in [0.3, 0.4) is 0 Å². The number of hydrogen-bond acceptors (Lipinski definition) is 3. The fourth-order valence-corrected chi connectivity index (χ4v) is 2.69. The molecule has 0 radical (unpaired) electrons. The van der Waals surface area contributed by atoms with E-state index >= 15 is 0 Å². The van der Waals surface area contributed by atoms with E-state index in [1.165, 1.54) is 0 Å². The Morgan fingerprint density at radius 1 is 1.47 bits per heavy atom. The van der Waals surface area contributed by atoms with Crippen molar-refractivity contribution >= 4 is 16.7 Å². The number of imidazole rings is 1. The molecule has 100 valence electrons. The van der Waals surface area contributed by atoms with Gasteiger partial charge in [-0.3, -0.25) is 9.56 Å². The van der Waals surface area contributed by atoms with Gasteiger partial charge >= 0.3 is 5.69 Å². The van der Waals surface area contributed by atoms with Crippen molar-refractivity contribution < 1.29 is 5.11 Å². The number of aliphatic hydroxyl groups excluding tert-OH is 1. The molecule has 2 N–H and O–H groups in total. The van der Waals surface area contributed by atoms with Crippen molar-refractivity contribution in [1.29, 1.82) is 0 Å². The zero-order valence-corrected chi connectivity index (χ0v) is 11.1. The molecule has 1 aromatic heterocycles. The van der Waals surface area contributed by atoms with Crippen LogP contribution in [0, 0.1) is 0 Å². The van der Waals surface area contributed by atoms with Gasteiger partial charge in [0.2, 0.25) is 0 Å². The van der Waals surface area contributed by atoms with Crippen LogP contribution in [0.2, 0.25) is 0 Å². The van der Waals surface area contributed by atoms with Crippen LogP contribution >= 0.6 is 0 Å². The highest BCUT2D eigenvalue weighted by Crippen LogP contribution is 2.28. The number of nitrogens with zero attached hydrogens (tertiary/aromatic N) is 2. The molecular weight excluding hydrogens is 242 g/mol. The molecule has 5 nitrogen and oxygen atoms in total. The number of nitrogens with one attached hydrogen (secondary N) is 1. The standard InChI is InChI=1S/C14H17N3O2/c1-8(2)15-11-6-7-17-12-9(13(11)18)4-3-5-10(12)16-14(17)19/h3-5,8,13,18H,6-7H2,1-2H3,(H,16,19)/b15-11-. The van der Waals surface area contributed by atoms with Gasteiger partial charge in [0.25, 0.3) is 0 Å². The molecule has 1 unspecified atom stereocenters. The van der Waals surface area contributed by atoms with Gasteiger partial charge in [-0.1, -0.05) is 12.1 Å². The van der Waals surface area contributed by atoms with Gasteiger partial charge in [-0.05, 0) is 19.9 Å². The van der Waals surface area contributed by atoms with Crippen LogP contribution in [0.5, 0.6) is 0 Å². The van der Waals surface area contributed by atoms with Gasteiger partial charge < -0.3 is 10.1 Å². The van der Waals surface area contributed by atoms with Crippen molar-refractivity contribution in [3.05, 3.63) is 34.2 Å². The molecule has 1 aliphatic rings. The first-order chi connectivity index (χ1) is 9.08. The maximum atomic E-state index is 11.9. The number of rotatable bonds is 1. The van der Waals surface area contributed by atoms with E-state index in [2.05, 4.69) is 9.98 Å². The normalized spacial score (nSPS) is 21.3. The Morgan fingerprint density at radius 3 is 3.00 bits per heavy atom. The maximum absolute atomic E-state index is 11.9. The number of hydrogen-bond donors (Lipinski definition) is 2. The van der Waals surface area contributed by atoms with E-state index in [0.29, 0.717) is 13.0 Å². The Balaban J connectivity index is 2.25. The molecule has 5 heteroatoms. The van der Waals surface area contributed by atoms with E-state index in [9.17, 15) is 9.90 Å². The lowest BCUT2D eigenvalue weighted by Crippen LogP contribution is -2.18. The SMILES string of the molecule is CC(C)/N=C1/CCn2c(=O)[nH]c3cccc(c32)C1O. The fraction of sp³-hybridized carbons (Fsp3) is 0.429. The molecule has 3 rings (SSSR count). The number of aryl methyl sites for hydroxylation is 1. The molecular formula is C14H17N3O2. The maximum Gasteiger partial charge on any atom is 0.326 e. The zero-order chi connectivity index (χ0) is 13.6. The average molecular weight is 259 g/mol. The van der Waals surface area contributed by atoms with E-state index in [1.807, 2.05) is 32.0 Å². The first kappa shape index (κ1) is 12.2. The predicted octanol–water partition coefficient (Wildman–Crippen LogP) is 1.62. The third-order valence-corrected chi connectivity index (χ3v) is 3.45. The lowest BCUT2D eigenvalue weighted by atomic mass is 10.0. The molecule has 1 aromatic carbocycles. The molecule has 2 heterocycles. The summed E-state index contributed by atoms with van der Waals surface area (Å²) >= 11 is 0. The summed E-state index contributed by atoms with van der Waals surface area (Å²) in [6.07, 6.45) is -0.129. The van der Waals surface area contributed by atoms with E-state index in [1.54, 1.807) is 4.57 Å². The molecule has 0 aliphatic carbocycles. The molecule has 0 fully saturated rings. The Kier molecular flexibility index (Phi) is 2.78. The number of H-pyrrole nitrogens is 1. The van der Waals surface area contributed by atoms with Crippen molar-refractivity contribution in [1.82, 2.24) is 9.55 Å². The van der Waals surface area contributed by atoms with Crippen LogP contribution in [0.15, 0.2) is 28.0 Å². The van der Waals surface area contributed by atoms with Crippen molar-refractivity contribution in [3.8, 4) is 0 Å². The monoisotopic (exact) mass is 259 g/mol. The molecule has 1 aliphatic heterocycles. The lowest BCUT2D eigenvalue weighted by Gasteiger charge is -2.13. The van der Waals surface area contributed by atoms with Crippen molar-refractivity contribution in [2.24, 2.45) is 4.99 Å². The number of aromatic amines is 1. The van der Waals surface area contributed by atoms with Crippen molar-refractivity contribution in [2.75, 3.05) is 0 Å². The number of aliphatic hydroxyl groups is 1. The average Bonchev–Trinajstić information content (AvgIpc) is 2.61. The van der Waals surface area contributed by atoms with Gasteiger partial charge in [-0.15, -0.1) is 0 Å². The van der Waals surface area contributed by atoms with Crippen LogP contribution < -0.4 is 5.69 Å². The topological polar surface area (TPSA) is 70.4 Å². The summed E-state index contributed by atoms with van der Waals surface area (Å²) in [6, 6.07) is 5.70. The highest BCUT2D eigenvalue weighted by Gasteiger charge is 2.24. The Morgan fingerprint density at radius 2 is 2.26 bits per heavy atom. The minimum atomic E-state index is -0.727. The number of aromatic nitrogens is 2. The predicted molar refractivity (Wildman–Crippen MR) is 74.7 cm³/mol. The van der Waals surface area contributed by atoms with Gasteiger partial charge in [0, 0.05) is 30.3 Å². The van der Waals surface area contributed by atoms with Gasteiger partial charge in [-0.2, -0.15) is 0 Å². The summed E-state index contributed by atoms with van der Waals surface area (Å²) in [7, 11) is 0. The summed E-state index contributed by atoms with van der Waals surface area (Å²) < 4.78 is 1.69. The second kappa shape index (κ2) is 4.35. The van der Waals surface area contributed by atoms with E-state index in [0.717, 1.165) is 22.3 Å². The Bertz CT molecular complexity index is 709. The van der Waals surface area contributed by atoms with Crippen LogP contribution in [-0.2, 0) is 6.54 Å². The summed E-state index contributed by atoms with van der Waals surface area (Å²) in [5.74, 6) is 0. The molecule has 0 amide bonds. The molecule has 0 saturated heterocycles. The highest BCUT2D eigenvalue weighted by atomic mass is 16.3. The molecule has 0 saturated carbocycles. The second-order valence-corrected chi connectivity index (χ2v) is 5.19. The van der Waals surface area contributed by atoms with Gasteiger partial charge in [0.1, 0.15) is 6.10 Å². The Hall–Kier alpha value is -1.88. The summed E-state index contributed by atoms with van der Waals surface area (Å²) in [6.45, 7) is 4.52. The van der Waals surface area contributed by atoms with E-state index < -0.39 is 6.10 Å². The lowest BCUT2D eigenvalue weighted by molar-refractivity contribution is 0.246. The smallest absolute Gasteiger partial charge is 0.326 e. The number of para-hydroxylation sites is 1. The molecule has 0 spiro atoms. The minimum absolute atomic E-state index is 0.125. The van der Waals surface area contributed by atoms with E-state index in [-0.39, 0.29) is 11.7 Å². The van der Waals surface area contributed by atoms with Crippen LogP contribution in [0.1, 0.15) is 31.9 Å². The zero-order valence-electron chi connectivity index (χ0n) is 11.1. The van der Waals surface area contributed by atoms with Crippen LogP contribution in [0.4, 0.5) is 0 Å². The highest BCUT2D eigenvalue weighted by molar-refractivity contribution is 5.94. The van der Waals surface area contributed by atoms with E-state index in [4.69, 9.17) is 0 Å². The minimum Gasteiger partial charge on any atom is -0.382 e. The first-order valence-corrected chi connectivity index (χ1v) is 6.54. The molecule has 19 heavy (non-hydrogen) atoms. The van der Waals surface area contributed by atoms with Crippen molar-refractivity contribution in [2.45, 2.75) is 39.0 Å². The molecule has 1 atom stereocenters. The molecule has 0 bridgehead atoms. The third kappa shape index (κ3) is 1.90. The van der Waals surface area contributed by atoms with Gasteiger partial charge in [0.15, 0.2) is 0 Å². The van der Waals surface area contributed by atoms with Crippen molar-refractivity contribution in [3.63, 3.8) is 0 Å². The number of benzene rings is 1. The summed E-state index contributed by atoms with van der Waals surface area (Å²) in [5, 5.41) is 10.5.